The number of nitrogens with one attached hydrogen (secondary N) is 1. The van der Waals surface area contributed by atoms with Crippen LogP contribution >= 0.6 is 23.4 Å². The Morgan fingerprint density at radius 3 is 2.69 bits per heavy atom. The van der Waals surface area contributed by atoms with Crippen LogP contribution in [0.4, 0.5) is 5.69 Å². The highest BCUT2D eigenvalue weighted by molar-refractivity contribution is 7.99. The predicted molar refractivity (Wildman–Crippen MR) is 105 cm³/mol. The van der Waals surface area contributed by atoms with E-state index in [4.69, 9.17) is 16.3 Å². The van der Waals surface area contributed by atoms with Gasteiger partial charge < -0.3 is 10.1 Å². The molecular weight excluding hydrogens is 370 g/mol. The molecule has 1 heterocycles. The molecule has 0 fully saturated rings. The Morgan fingerprint density at radius 2 is 2.04 bits per heavy atom. The fourth-order valence-electron chi connectivity index (χ4n) is 2.43. The van der Waals surface area contributed by atoms with E-state index < -0.39 is 0 Å². The highest BCUT2D eigenvalue weighted by atomic mass is 35.5. The number of anilines is 1. The van der Waals surface area contributed by atoms with Gasteiger partial charge >= 0.3 is 0 Å². The van der Waals surface area contributed by atoms with Gasteiger partial charge in [0.15, 0.2) is 0 Å². The van der Waals surface area contributed by atoms with Crippen molar-refractivity contribution >= 4 is 35.0 Å². The SMILES string of the molecule is COc1cc(Cl)c(C)cc1NC(=O)CCSc1nc(C)cc(C)c1C#N. The number of hydrogen-bond acceptors (Lipinski definition) is 5. The Labute approximate surface area is 162 Å². The van der Waals surface area contributed by atoms with Crippen LogP contribution in [0.15, 0.2) is 23.2 Å². The molecule has 1 aromatic carbocycles. The lowest BCUT2D eigenvalue weighted by Gasteiger charge is -2.12. The summed E-state index contributed by atoms with van der Waals surface area (Å²) >= 11 is 7.48. The summed E-state index contributed by atoms with van der Waals surface area (Å²) < 4.78 is 5.26. The van der Waals surface area contributed by atoms with Crippen LogP contribution in [0.1, 0.15) is 28.8 Å². The van der Waals surface area contributed by atoms with Crippen molar-refractivity contribution in [2.24, 2.45) is 0 Å². The molecule has 26 heavy (non-hydrogen) atoms. The number of carbonyl (C=O) groups excluding carboxylic acids is 1. The molecule has 0 atom stereocenters. The van der Waals surface area contributed by atoms with Gasteiger partial charge in [-0.3, -0.25) is 4.79 Å². The second-order valence-corrected chi connectivity index (χ2v) is 7.31. The molecule has 0 aliphatic heterocycles. The topological polar surface area (TPSA) is 75.0 Å². The van der Waals surface area contributed by atoms with Crippen molar-refractivity contribution in [3.63, 3.8) is 0 Å². The van der Waals surface area contributed by atoms with E-state index in [1.54, 1.807) is 12.1 Å². The molecule has 0 aliphatic carbocycles. The molecule has 0 spiro atoms. The summed E-state index contributed by atoms with van der Waals surface area (Å²) in [6, 6.07) is 7.53. The highest BCUT2D eigenvalue weighted by Gasteiger charge is 2.13. The van der Waals surface area contributed by atoms with E-state index in [0.717, 1.165) is 16.8 Å². The van der Waals surface area contributed by atoms with Crippen LogP contribution in [0.2, 0.25) is 5.02 Å². The van der Waals surface area contributed by atoms with Crippen LogP contribution in [0.5, 0.6) is 5.75 Å². The maximum Gasteiger partial charge on any atom is 0.225 e. The van der Waals surface area contributed by atoms with Gasteiger partial charge in [-0.25, -0.2) is 4.98 Å². The van der Waals surface area contributed by atoms with Crippen molar-refractivity contribution in [2.75, 3.05) is 18.2 Å². The largest absolute Gasteiger partial charge is 0.495 e. The molecule has 0 bridgehead atoms. The molecule has 2 aromatic rings. The van der Waals surface area contributed by atoms with Gasteiger partial charge in [-0.05, 0) is 44.0 Å². The van der Waals surface area contributed by atoms with E-state index >= 15 is 0 Å². The molecule has 136 valence electrons. The Bertz CT molecular complexity index is 878. The van der Waals surface area contributed by atoms with Crippen molar-refractivity contribution in [2.45, 2.75) is 32.2 Å². The van der Waals surface area contributed by atoms with Crippen LogP contribution in [-0.4, -0.2) is 23.8 Å². The zero-order chi connectivity index (χ0) is 19.3. The predicted octanol–water partition coefficient (Wildman–Crippen LogP) is 4.66. The summed E-state index contributed by atoms with van der Waals surface area (Å²) in [5, 5.41) is 13.4. The van der Waals surface area contributed by atoms with Crippen molar-refractivity contribution in [3.8, 4) is 11.8 Å². The monoisotopic (exact) mass is 389 g/mol. The summed E-state index contributed by atoms with van der Waals surface area (Å²) in [4.78, 5) is 16.7. The number of carbonyl (C=O) groups is 1. The third-order valence-electron chi connectivity index (χ3n) is 3.75. The number of thioether (sulfide) groups is 1. The summed E-state index contributed by atoms with van der Waals surface area (Å²) in [6.07, 6.45) is 0.287. The Balaban J connectivity index is 2.01. The van der Waals surface area contributed by atoms with Crippen molar-refractivity contribution in [1.82, 2.24) is 4.98 Å². The molecule has 1 aromatic heterocycles. The number of pyridine rings is 1. The maximum atomic E-state index is 12.3. The second kappa shape index (κ2) is 8.93. The first-order valence-corrected chi connectivity index (χ1v) is 9.37. The lowest BCUT2D eigenvalue weighted by molar-refractivity contribution is -0.115. The van der Waals surface area contributed by atoms with Gasteiger partial charge in [0.2, 0.25) is 5.91 Å². The van der Waals surface area contributed by atoms with Gasteiger partial charge in [0.05, 0.1) is 18.4 Å². The number of halogens is 1. The summed E-state index contributed by atoms with van der Waals surface area (Å²) in [7, 11) is 1.53. The zero-order valence-electron chi connectivity index (χ0n) is 15.1. The number of nitriles is 1. The van der Waals surface area contributed by atoms with Crippen molar-refractivity contribution in [3.05, 3.63) is 45.6 Å². The van der Waals surface area contributed by atoms with Crippen molar-refractivity contribution in [1.29, 1.82) is 5.26 Å². The van der Waals surface area contributed by atoms with E-state index in [-0.39, 0.29) is 12.3 Å². The fourth-order valence-corrected chi connectivity index (χ4v) is 3.62. The third kappa shape index (κ3) is 4.90. The first kappa shape index (κ1) is 20.1. The number of ether oxygens (including phenoxy) is 1. The summed E-state index contributed by atoms with van der Waals surface area (Å²) in [6.45, 7) is 5.64. The zero-order valence-corrected chi connectivity index (χ0v) is 16.7. The quantitative estimate of drug-likeness (QED) is 0.727. The second-order valence-electron chi connectivity index (χ2n) is 5.82. The summed E-state index contributed by atoms with van der Waals surface area (Å²) in [5.41, 5.74) is 3.76. The minimum absolute atomic E-state index is 0.139. The van der Waals surface area contributed by atoms with Crippen LogP contribution in [0, 0.1) is 32.1 Å². The third-order valence-corrected chi connectivity index (χ3v) is 5.13. The Hall–Kier alpha value is -2.23. The number of rotatable bonds is 6. The molecule has 0 radical (unpaired) electrons. The molecule has 1 N–H and O–H groups in total. The number of nitrogens with zero attached hydrogens (tertiary/aromatic N) is 2. The molecule has 5 nitrogen and oxygen atoms in total. The minimum atomic E-state index is -0.139. The Kier molecular flexibility index (Phi) is 6.90. The van der Waals surface area contributed by atoms with Gasteiger partial charge in [0.1, 0.15) is 16.8 Å². The van der Waals surface area contributed by atoms with E-state index in [1.165, 1.54) is 18.9 Å². The molecule has 0 saturated heterocycles. The molecule has 0 saturated carbocycles. The standard InChI is InChI=1S/C19H20ClN3O2S/c1-11-7-13(3)22-19(14(11)10-21)26-6-5-18(24)23-16-8-12(2)15(20)9-17(16)25-4/h7-9H,5-6H2,1-4H3,(H,23,24). The summed E-state index contributed by atoms with van der Waals surface area (Å²) in [5.74, 6) is 0.899. The van der Waals surface area contributed by atoms with Crippen LogP contribution in [0.3, 0.4) is 0 Å². The fraction of sp³-hybridized carbons (Fsp3) is 0.316. The lowest BCUT2D eigenvalue weighted by Crippen LogP contribution is -2.13. The van der Waals surface area contributed by atoms with Gasteiger partial charge in [-0.1, -0.05) is 11.6 Å². The first-order chi connectivity index (χ1) is 12.3. The van der Waals surface area contributed by atoms with E-state index in [2.05, 4.69) is 16.4 Å². The molecule has 0 aliphatic rings. The number of aryl methyl sites for hydroxylation is 3. The molecular formula is C19H20ClN3O2S. The molecule has 1 amide bonds. The van der Waals surface area contributed by atoms with Crippen LogP contribution < -0.4 is 10.1 Å². The van der Waals surface area contributed by atoms with Crippen molar-refractivity contribution < 1.29 is 9.53 Å². The van der Waals surface area contributed by atoms with Crippen LogP contribution in [-0.2, 0) is 4.79 Å². The van der Waals surface area contributed by atoms with Gasteiger partial charge in [0, 0.05) is 29.0 Å². The maximum absolute atomic E-state index is 12.3. The average molecular weight is 390 g/mol. The normalized spacial score (nSPS) is 10.3. The Morgan fingerprint density at radius 1 is 1.31 bits per heavy atom. The van der Waals surface area contributed by atoms with Gasteiger partial charge in [0.25, 0.3) is 0 Å². The van der Waals surface area contributed by atoms with E-state index in [0.29, 0.717) is 32.8 Å². The number of benzene rings is 1. The van der Waals surface area contributed by atoms with E-state index in [1.807, 2.05) is 26.8 Å². The molecule has 2 rings (SSSR count). The lowest BCUT2D eigenvalue weighted by atomic mass is 10.1. The van der Waals surface area contributed by atoms with Crippen LogP contribution in [0.25, 0.3) is 0 Å². The number of amides is 1. The van der Waals surface area contributed by atoms with Gasteiger partial charge in [-0.2, -0.15) is 5.26 Å². The van der Waals surface area contributed by atoms with E-state index in [9.17, 15) is 10.1 Å². The number of aromatic nitrogens is 1. The molecule has 0 unspecified atom stereocenters. The number of hydrogen-bond donors (Lipinski definition) is 1. The van der Waals surface area contributed by atoms with Gasteiger partial charge in [-0.15, -0.1) is 11.8 Å². The molecule has 7 heteroatoms. The average Bonchev–Trinajstić information content (AvgIpc) is 2.57. The first-order valence-electron chi connectivity index (χ1n) is 8.00. The number of methoxy groups -OCH3 is 1. The highest BCUT2D eigenvalue weighted by Crippen LogP contribution is 2.31. The minimum Gasteiger partial charge on any atom is -0.495 e. The smallest absolute Gasteiger partial charge is 0.225 e.